The van der Waals surface area contributed by atoms with Gasteiger partial charge in [0.05, 0.1) is 17.6 Å². The first kappa shape index (κ1) is 19.0. The van der Waals surface area contributed by atoms with E-state index in [0.29, 0.717) is 13.2 Å². The molecule has 0 fully saturated rings. The molecule has 0 atom stereocenters. The van der Waals surface area contributed by atoms with Crippen LogP contribution in [0.5, 0.6) is 5.75 Å². The molecule has 27 heavy (non-hydrogen) atoms. The largest absolute Gasteiger partial charge is 0.494 e. The van der Waals surface area contributed by atoms with E-state index in [-0.39, 0.29) is 0 Å². The molecule has 1 amide bonds. The smallest absolute Gasteiger partial charge is 0.207 e. The van der Waals surface area contributed by atoms with E-state index in [2.05, 4.69) is 47.1 Å². The molecule has 0 radical (unpaired) electrons. The number of ether oxygens (including phenoxy) is 1. The van der Waals surface area contributed by atoms with E-state index in [1.165, 1.54) is 11.1 Å². The fourth-order valence-electron chi connectivity index (χ4n) is 3.17. The first-order chi connectivity index (χ1) is 13.3. The van der Waals surface area contributed by atoms with E-state index in [1.807, 2.05) is 18.2 Å². The number of benzene rings is 2. The zero-order valence-corrected chi connectivity index (χ0v) is 15.9. The van der Waals surface area contributed by atoms with Gasteiger partial charge in [0.1, 0.15) is 11.6 Å². The second-order valence-corrected chi connectivity index (χ2v) is 6.71. The highest BCUT2D eigenvalue weighted by Gasteiger charge is 2.09. The van der Waals surface area contributed by atoms with Gasteiger partial charge in [0.25, 0.3) is 0 Å². The molecule has 1 heterocycles. The van der Waals surface area contributed by atoms with Crippen molar-refractivity contribution in [3.8, 4) is 5.75 Å². The van der Waals surface area contributed by atoms with Gasteiger partial charge in [0.15, 0.2) is 0 Å². The van der Waals surface area contributed by atoms with Crippen molar-refractivity contribution in [2.45, 2.75) is 39.2 Å². The van der Waals surface area contributed by atoms with Crippen molar-refractivity contribution < 1.29 is 9.53 Å². The van der Waals surface area contributed by atoms with Crippen LogP contribution in [0.15, 0.2) is 48.5 Å². The number of unbranched alkanes of at least 4 members (excludes halogenated alkanes) is 1. The third kappa shape index (κ3) is 5.33. The number of rotatable bonds is 11. The van der Waals surface area contributed by atoms with Gasteiger partial charge in [-0.3, -0.25) is 4.79 Å². The van der Waals surface area contributed by atoms with Crippen molar-refractivity contribution in [1.82, 2.24) is 14.9 Å². The summed E-state index contributed by atoms with van der Waals surface area (Å²) in [5, 5.41) is 2.72. The molecule has 0 bridgehead atoms. The number of hydrogen-bond acceptors (Lipinski definition) is 3. The van der Waals surface area contributed by atoms with Crippen LogP contribution >= 0.6 is 0 Å². The summed E-state index contributed by atoms with van der Waals surface area (Å²) in [6, 6.07) is 16.4. The standard InChI is InChI=1S/C22H27N3O2/c1-18-10-12-19(13-11-18)27-16-5-4-15-25-21-8-3-2-7-20(21)24-22(25)9-6-14-23-17-26/h2-3,7-8,10-13,17H,4-6,9,14-16H2,1H3,(H,23,26). The summed E-state index contributed by atoms with van der Waals surface area (Å²) in [7, 11) is 0. The third-order valence-electron chi connectivity index (χ3n) is 4.60. The van der Waals surface area contributed by atoms with Crippen LogP contribution in [-0.4, -0.2) is 29.1 Å². The minimum atomic E-state index is 0.678. The second-order valence-electron chi connectivity index (χ2n) is 6.71. The molecule has 0 aliphatic heterocycles. The van der Waals surface area contributed by atoms with Crippen molar-refractivity contribution in [1.29, 1.82) is 0 Å². The molecule has 5 nitrogen and oxygen atoms in total. The maximum absolute atomic E-state index is 10.4. The molecule has 0 aliphatic carbocycles. The Bertz CT molecular complexity index is 856. The van der Waals surface area contributed by atoms with Gasteiger partial charge in [0, 0.05) is 19.5 Å². The maximum atomic E-state index is 10.4. The molecular formula is C22H27N3O2. The monoisotopic (exact) mass is 365 g/mol. The number of amides is 1. The van der Waals surface area contributed by atoms with Crippen LogP contribution in [0.2, 0.25) is 0 Å². The Morgan fingerprint density at radius 3 is 2.70 bits per heavy atom. The topological polar surface area (TPSA) is 56.1 Å². The minimum Gasteiger partial charge on any atom is -0.494 e. The summed E-state index contributed by atoms with van der Waals surface area (Å²) < 4.78 is 8.13. The maximum Gasteiger partial charge on any atom is 0.207 e. The highest BCUT2D eigenvalue weighted by molar-refractivity contribution is 5.75. The van der Waals surface area contributed by atoms with E-state index in [0.717, 1.165) is 55.7 Å². The Labute approximate surface area is 160 Å². The lowest BCUT2D eigenvalue weighted by Gasteiger charge is -2.10. The fourth-order valence-corrected chi connectivity index (χ4v) is 3.17. The summed E-state index contributed by atoms with van der Waals surface area (Å²) in [5.41, 5.74) is 3.45. The number of aromatic nitrogens is 2. The normalized spacial score (nSPS) is 10.9. The highest BCUT2D eigenvalue weighted by atomic mass is 16.5. The molecule has 5 heteroatoms. The number of carbonyl (C=O) groups is 1. The Hall–Kier alpha value is -2.82. The Morgan fingerprint density at radius 2 is 1.89 bits per heavy atom. The molecule has 0 aliphatic rings. The van der Waals surface area contributed by atoms with Crippen LogP contribution in [0.4, 0.5) is 0 Å². The predicted octanol–water partition coefficient (Wildman–Crippen LogP) is 3.88. The molecule has 3 aromatic rings. The number of aryl methyl sites for hydroxylation is 3. The molecule has 0 saturated carbocycles. The molecule has 0 spiro atoms. The van der Waals surface area contributed by atoms with Gasteiger partial charge >= 0.3 is 0 Å². The minimum absolute atomic E-state index is 0.678. The second kappa shape index (κ2) is 9.76. The van der Waals surface area contributed by atoms with Crippen LogP contribution in [-0.2, 0) is 17.8 Å². The van der Waals surface area contributed by atoms with Crippen molar-refractivity contribution in [3.05, 3.63) is 59.9 Å². The average Bonchev–Trinajstić information content (AvgIpc) is 3.04. The van der Waals surface area contributed by atoms with Gasteiger partial charge in [-0.25, -0.2) is 4.98 Å². The van der Waals surface area contributed by atoms with Gasteiger partial charge in [-0.05, 0) is 50.5 Å². The van der Waals surface area contributed by atoms with Crippen molar-refractivity contribution in [3.63, 3.8) is 0 Å². The number of carbonyl (C=O) groups excluding carboxylic acids is 1. The fraction of sp³-hybridized carbons (Fsp3) is 0.364. The molecule has 1 N–H and O–H groups in total. The highest BCUT2D eigenvalue weighted by Crippen LogP contribution is 2.18. The third-order valence-corrected chi connectivity index (χ3v) is 4.60. The number of fused-ring (bicyclic) bond motifs is 1. The lowest BCUT2D eigenvalue weighted by Crippen LogP contribution is -2.14. The van der Waals surface area contributed by atoms with Gasteiger partial charge in [-0.15, -0.1) is 0 Å². The number of nitrogens with one attached hydrogen (secondary N) is 1. The van der Waals surface area contributed by atoms with Crippen molar-refractivity contribution >= 4 is 17.4 Å². The zero-order valence-electron chi connectivity index (χ0n) is 15.9. The van der Waals surface area contributed by atoms with Crippen LogP contribution in [0.25, 0.3) is 11.0 Å². The number of para-hydroxylation sites is 2. The van der Waals surface area contributed by atoms with Gasteiger partial charge in [-0.2, -0.15) is 0 Å². The van der Waals surface area contributed by atoms with Crippen LogP contribution < -0.4 is 10.1 Å². The first-order valence-electron chi connectivity index (χ1n) is 9.58. The number of hydrogen-bond donors (Lipinski definition) is 1. The number of nitrogens with zero attached hydrogens (tertiary/aromatic N) is 2. The van der Waals surface area contributed by atoms with Gasteiger partial charge < -0.3 is 14.6 Å². The van der Waals surface area contributed by atoms with E-state index < -0.39 is 0 Å². The zero-order chi connectivity index (χ0) is 18.9. The average molecular weight is 365 g/mol. The lowest BCUT2D eigenvalue weighted by atomic mass is 10.2. The van der Waals surface area contributed by atoms with Crippen molar-refractivity contribution in [2.24, 2.45) is 0 Å². The van der Waals surface area contributed by atoms with E-state index >= 15 is 0 Å². The summed E-state index contributed by atoms with van der Waals surface area (Å²) in [5.74, 6) is 2.01. The SMILES string of the molecule is Cc1ccc(OCCCCn2c(CCCNC=O)nc3ccccc32)cc1. The molecule has 2 aromatic carbocycles. The summed E-state index contributed by atoms with van der Waals surface area (Å²) in [6.45, 7) is 4.39. The van der Waals surface area contributed by atoms with E-state index in [1.54, 1.807) is 0 Å². The quantitative estimate of drug-likeness (QED) is 0.414. The molecule has 0 saturated heterocycles. The molecular weight excluding hydrogens is 338 g/mol. The molecule has 0 unspecified atom stereocenters. The predicted molar refractivity (Wildman–Crippen MR) is 108 cm³/mol. The number of imidazole rings is 1. The summed E-state index contributed by atoms with van der Waals surface area (Å²) in [6.07, 6.45) is 4.52. The van der Waals surface area contributed by atoms with Crippen LogP contribution in [0.1, 0.15) is 30.7 Å². The van der Waals surface area contributed by atoms with Gasteiger partial charge in [-0.1, -0.05) is 29.8 Å². The Balaban J connectivity index is 1.54. The van der Waals surface area contributed by atoms with Crippen molar-refractivity contribution in [2.75, 3.05) is 13.2 Å². The molecule has 1 aromatic heterocycles. The van der Waals surface area contributed by atoms with Crippen LogP contribution in [0, 0.1) is 6.92 Å². The van der Waals surface area contributed by atoms with E-state index in [9.17, 15) is 4.79 Å². The Morgan fingerprint density at radius 1 is 1.07 bits per heavy atom. The lowest BCUT2D eigenvalue weighted by molar-refractivity contribution is -0.109. The van der Waals surface area contributed by atoms with Gasteiger partial charge in [0.2, 0.25) is 6.41 Å². The molecule has 3 rings (SSSR count). The summed E-state index contributed by atoms with van der Waals surface area (Å²) >= 11 is 0. The first-order valence-corrected chi connectivity index (χ1v) is 9.58. The molecule has 142 valence electrons. The van der Waals surface area contributed by atoms with Crippen LogP contribution in [0.3, 0.4) is 0 Å². The summed E-state index contributed by atoms with van der Waals surface area (Å²) in [4.78, 5) is 15.2. The Kier molecular flexibility index (Phi) is 6.85. The van der Waals surface area contributed by atoms with E-state index in [4.69, 9.17) is 9.72 Å².